The molecule has 84 valence electrons. The minimum atomic E-state index is -0.460. The van der Waals surface area contributed by atoms with E-state index in [0.29, 0.717) is 5.56 Å². The average molecular weight is 240 g/mol. The van der Waals surface area contributed by atoms with E-state index in [-0.39, 0.29) is 11.1 Å². The van der Waals surface area contributed by atoms with Gasteiger partial charge >= 0.3 is 0 Å². The van der Waals surface area contributed by atoms with Crippen LogP contribution in [0.25, 0.3) is 0 Å². The highest BCUT2D eigenvalue weighted by Gasteiger charge is 2.12. The van der Waals surface area contributed by atoms with Gasteiger partial charge in [-0.1, -0.05) is 17.7 Å². The van der Waals surface area contributed by atoms with Crippen LogP contribution in [0.4, 0.5) is 4.39 Å². The maximum atomic E-state index is 13.3. The molecule has 2 N–H and O–H groups in total. The van der Waals surface area contributed by atoms with Crippen molar-refractivity contribution in [1.29, 1.82) is 0 Å². The number of benzene rings is 1. The van der Waals surface area contributed by atoms with E-state index in [1.807, 2.05) is 0 Å². The van der Waals surface area contributed by atoms with Gasteiger partial charge < -0.3 is 5.73 Å². The third-order valence-corrected chi connectivity index (χ3v) is 2.69. The van der Waals surface area contributed by atoms with E-state index in [0.717, 1.165) is 5.56 Å². The van der Waals surface area contributed by atoms with Crippen LogP contribution in [0.1, 0.15) is 17.2 Å². The first kappa shape index (κ1) is 11.1. The molecule has 0 unspecified atom stereocenters. The molecular formula is C11H11ClFN3. The molecule has 0 aliphatic rings. The Morgan fingerprint density at radius 3 is 2.75 bits per heavy atom. The Hall–Kier alpha value is -1.39. The van der Waals surface area contributed by atoms with Crippen LogP contribution in [0.15, 0.2) is 30.6 Å². The number of nitrogens with zero attached hydrogens (tertiary/aromatic N) is 2. The second-order valence-corrected chi connectivity index (χ2v) is 4.01. The molecule has 0 amide bonds. The fraction of sp³-hybridized carbons (Fsp3) is 0.182. The van der Waals surface area contributed by atoms with Crippen molar-refractivity contribution in [2.75, 3.05) is 0 Å². The second-order valence-electron chi connectivity index (χ2n) is 3.60. The lowest BCUT2D eigenvalue weighted by molar-refractivity contribution is 0.624. The summed E-state index contributed by atoms with van der Waals surface area (Å²) in [6.07, 6.45) is 3.47. The number of aromatic nitrogens is 2. The van der Waals surface area contributed by atoms with Gasteiger partial charge in [0.05, 0.1) is 17.3 Å². The smallest absolute Gasteiger partial charge is 0.142 e. The van der Waals surface area contributed by atoms with Crippen LogP contribution in [-0.2, 0) is 7.05 Å². The van der Waals surface area contributed by atoms with Gasteiger partial charge in [-0.15, -0.1) is 0 Å². The molecule has 1 aromatic heterocycles. The molecule has 3 nitrogen and oxygen atoms in total. The Balaban J connectivity index is 2.33. The largest absolute Gasteiger partial charge is 0.320 e. The summed E-state index contributed by atoms with van der Waals surface area (Å²) in [5.74, 6) is -0.460. The highest BCUT2D eigenvalue weighted by Crippen LogP contribution is 2.23. The van der Waals surface area contributed by atoms with Crippen LogP contribution < -0.4 is 5.73 Å². The van der Waals surface area contributed by atoms with Crippen LogP contribution in [0.3, 0.4) is 0 Å². The van der Waals surface area contributed by atoms with Gasteiger partial charge in [0.25, 0.3) is 0 Å². The van der Waals surface area contributed by atoms with E-state index in [4.69, 9.17) is 17.3 Å². The van der Waals surface area contributed by atoms with Gasteiger partial charge in [-0.3, -0.25) is 4.68 Å². The maximum absolute atomic E-state index is 13.3. The summed E-state index contributed by atoms with van der Waals surface area (Å²) in [6.45, 7) is 0. The van der Waals surface area contributed by atoms with E-state index < -0.39 is 5.82 Å². The molecule has 2 rings (SSSR count). The molecule has 0 bridgehead atoms. The van der Waals surface area contributed by atoms with Crippen molar-refractivity contribution >= 4 is 11.6 Å². The molecule has 5 heteroatoms. The zero-order valence-corrected chi connectivity index (χ0v) is 9.45. The van der Waals surface area contributed by atoms with Crippen LogP contribution in [0, 0.1) is 5.82 Å². The fourth-order valence-corrected chi connectivity index (χ4v) is 1.62. The van der Waals surface area contributed by atoms with Crippen molar-refractivity contribution in [3.8, 4) is 0 Å². The highest BCUT2D eigenvalue weighted by atomic mass is 35.5. The summed E-state index contributed by atoms with van der Waals surface area (Å²) < 4.78 is 14.9. The van der Waals surface area contributed by atoms with E-state index in [1.165, 1.54) is 12.1 Å². The first-order valence-electron chi connectivity index (χ1n) is 4.77. The van der Waals surface area contributed by atoms with E-state index in [1.54, 1.807) is 30.2 Å². The molecule has 0 aliphatic carbocycles. The molecule has 1 atom stereocenters. The zero-order chi connectivity index (χ0) is 11.7. The average Bonchev–Trinajstić information content (AvgIpc) is 2.68. The molecule has 16 heavy (non-hydrogen) atoms. The van der Waals surface area contributed by atoms with Gasteiger partial charge in [0.1, 0.15) is 5.82 Å². The lowest BCUT2D eigenvalue weighted by atomic mass is 10.0. The van der Waals surface area contributed by atoms with Gasteiger partial charge in [-0.05, 0) is 17.7 Å². The molecule has 1 heterocycles. The Bertz CT molecular complexity index is 510. The van der Waals surface area contributed by atoms with Crippen molar-refractivity contribution in [3.05, 3.63) is 52.6 Å². The molecule has 1 aromatic carbocycles. The first-order valence-corrected chi connectivity index (χ1v) is 5.15. The fourth-order valence-electron chi connectivity index (χ4n) is 1.50. The van der Waals surface area contributed by atoms with Gasteiger partial charge in [0, 0.05) is 18.8 Å². The number of nitrogens with two attached hydrogens (primary N) is 1. The summed E-state index contributed by atoms with van der Waals surface area (Å²) in [5, 5.41) is 4.12. The Labute approximate surface area is 97.6 Å². The summed E-state index contributed by atoms with van der Waals surface area (Å²) in [5.41, 5.74) is 7.50. The monoisotopic (exact) mass is 239 g/mol. The van der Waals surface area contributed by atoms with Crippen LogP contribution in [0.2, 0.25) is 5.02 Å². The van der Waals surface area contributed by atoms with Gasteiger partial charge in [-0.2, -0.15) is 5.10 Å². The molecule has 0 spiro atoms. The Kier molecular flexibility index (Phi) is 2.94. The van der Waals surface area contributed by atoms with E-state index in [9.17, 15) is 4.39 Å². The number of hydrogen-bond acceptors (Lipinski definition) is 2. The first-order chi connectivity index (χ1) is 7.58. The third kappa shape index (κ3) is 2.08. The van der Waals surface area contributed by atoms with Crippen molar-refractivity contribution in [3.63, 3.8) is 0 Å². The maximum Gasteiger partial charge on any atom is 0.142 e. The van der Waals surface area contributed by atoms with Crippen LogP contribution in [-0.4, -0.2) is 9.78 Å². The molecule has 0 saturated heterocycles. The highest BCUT2D eigenvalue weighted by molar-refractivity contribution is 6.30. The number of aryl methyl sites for hydroxylation is 1. The van der Waals surface area contributed by atoms with Gasteiger partial charge in [-0.25, -0.2) is 4.39 Å². The lowest BCUT2D eigenvalue weighted by Gasteiger charge is -2.10. The number of halogens is 2. The van der Waals surface area contributed by atoms with Crippen LogP contribution >= 0.6 is 11.6 Å². The second kappa shape index (κ2) is 4.23. The minimum Gasteiger partial charge on any atom is -0.320 e. The van der Waals surface area contributed by atoms with Crippen molar-refractivity contribution in [2.24, 2.45) is 12.8 Å². The van der Waals surface area contributed by atoms with E-state index in [2.05, 4.69) is 5.10 Å². The minimum absolute atomic E-state index is 0.0992. The van der Waals surface area contributed by atoms with Crippen molar-refractivity contribution in [1.82, 2.24) is 9.78 Å². The number of hydrogen-bond donors (Lipinski definition) is 1. The normalized spacial score (nSPS) is 12.8. The predicted molar refractivity (Wildman–Crippen MR) is 60.6 cm³/mol. The summed E-state index contributed by atoms with van der Waals surface area (Å²) in [6, 6.07) is 4.17. The van der Waals surface area contributed by atoms with Crippen molar-refractivity contribution < 1.29 is 4.39 Å². The molecule has 0 radical (unpaired) electrons. The van der Waals surface area contributed by atoms with Gasteiger partial charge in [0.2, 0.25) is 0 Å². The molecular weight excluding hydrogens is 229 g/mol. The predicted octanol–water partition coefficient (Wildman–Crippen LogP) is 2.26. The third-order valence-electron chi connectivity index (χ3n) is 2.39. The summed E-state index contributed by atoms with van der Waals surface area (Å²) in [7, 11) is 1.80. The zero-order valence-electron chi connectivity index (χ0n) is 8.69. The SMILES string of the molecule is Cn1cc([C@@H](N)c2ccc(Cl)c(F)c2)cn1. The quantitative estimate of drug-likeness (QED) is 0.874. The summed E-state index contributed by atoms with van der Waals surface area (Å²) >= 11 is 5.60. The lowest BCUT2D eigenvalue weighted by Crippen LogP contribution is -2.11. The van der Waals surface area contributed by atoms with Gasteiger partial charge in [0.15, 0.2) is 0 Å². The topological polar surface area (TPSA) is 43.8 Å². The van der Waals surface area contributed by atoms with Crippen LogP contribution in [0.5, 0.6) is 0 Å². The standard InChI is InChI=1S/C11H11ClFN3/c1-16-6-8(5-15-16)11(14)7-2-3-9(12)10(13)4-7/h2-6,11H,14H2,1H3/t11-/m0/s1. The Morgan fingerprint density at radius 1 is 1.44 bits per heavy atom. The molecule has 0 saturated carbocycles. The van der Waals surface area contributed by atoms with Crippen molar-refractivity contribution in [2.45, 2.75) is 6.04 Å². The van der Waals surface area contributed by atoms with E-state index >= 15 is 0 Å². The summed E-state index contributed by atoms with van der Waals surface area (Å²) in [4.78, 5) is 0. The number of rotatable bonds is 2. The molecule has 2 aromatic rings. The Morgan fingerprint density at radius 2 is 2.19 bits per heavy atom. The molecule has 0 fully saturated rings. The molecule has 0 aliphatic heterocycles.